The van der Waals surface area contributed by atoms with Crippen LogP contribution in [0.25, 0.3) is 0 Å². The van der Waals surface area contributed by atoms with Gasteiger partial charge < -0.3 is 14.8 Å². The summed E-state index contributed by atoms with van der Waals surface area (Å²) in [6.07, 6.45) is 0. The Labute approximate surface area is 170 Å². The molecule has 9 heteroatoms. The quantitative estimate of drug-likeness (QED) is 0.626. The maximum Gasteiger partial charge on any atom is 0.338 e. The van der Waals surface area contributed by atoms with Crippen LogP contribution in [0.4, 0.5) is 5.69 Å². The molecule has 0 aliphatic carbocycles. The largest absolute Gasteiger partial charge is 0.494 e. The fraction of sp³-hybridized carbons (Fsp3) is 0.300. The molecular formula is C20H24N2O6S. The molecule has 0 radical (unpaired) electrons. The average molecular weight is 420 g/mol. The number of carbonyl (C=O) groups is 2. The molecule has 2 rings (SSSR count). The van der Waals surface area contributed by atoms with E-state index in [4.69, 9.17) is 9.47 Å². The molecule has 0 spiro atoms. The van der Waals surface area contributed by atoms with Crippen molar-refractivity contribution in [3.8, 4) is 5.75 Å². The molecule has 0 aliphatic heterocycles. The van der Waals surface area contributed by atoms with Gasteiger partial charge in [-0.05, 0) is 62.4 Å². The Bertz CT molecular complexity index is 940. The second kappa shape index (κ2) is 10.0. The maximum absolute atomic E-state index is 12.6. The van der Waals surface area contributed by atoms with Gasteiger partial charge in [0, 0.05) is 12.7 Å². The minimum Gasteiger partial charge on any atom is -0.494 e. The molecule has 0 heterocycles. The summed E-state index contributed by atoms with van der Waals surface area (Å²) in [5.41, 5.74) is 0.801. The molecule has 2 aromatic carbocycles. The molecule has 1 amide bonds. The molecule has 2 aromatic rings. The fourth-order valence-corrected chi connectivity index (χ4v) is 3.57. The van der Waals surface area contributed by atoms with E-state index >= 15 is 0 Å². The second-order valence-corrected chi connectivity index (χ2v) is 8.06. The monoisotopic (exact) mass is 420 g/mol. The van der Waals surface area contributed by atoms with E-state index in [0.717, 1.165) is 4.31 Å². The summed E-state index contributed by atoms with van der Waals surface area (Å²) in [6.45, 7) is 3.93. The van der Waals surface area contributed by atoms with Crippen molar-refractivity contribution in [1.29, 1.82) is 0 Å². The standard InChI is InChI=1S/C20H24N2O6S/c1-4-27-17-10-12-18(13-11-17)29(25,26)22(3)14-19(23)21-16-8-6-15(7-9-16)20(24)28-5-2/h6-13H,4-5,14H2,1-3H3,(H,21,23). The number of hydrogen-bond acceptors (Lipinski definition) is 6. The van der Waals surface area contributed by atoms with Crippen LogP contribution in [0, 0.1) is 0 Å². The van der Waals surface area contributed by atoms with Crippen LogP contribution in [0.2, 0.25) is 0 Å². The van der Waals surface area contributed by atoms with E-state index in [9.17, 15) is 18.0 Å². The highest BCUT2D eigenvalue weighted by molar-refractivity contribution is 7.89. The highest BCUT2D eigenvalue weighted by atomic mass is 32.2. The van der Waals surface area contributed by atoms with Gasteiger partial charge in [0.1, 0.15) is 5.75 Å². The van der Waals surface area contributed by atoms with Gasteiger partial charge in [0.05, 0.1) is 30.2 Å². The van der Waals surface area contributed by atoms with E-state index in [2.05, 4.69) is 5.32 Å². The van der Waals surface area contributed by atoms with Crippen molar-refractivity contribution in [2.75, 3.05) is 32.1 Å². The molecule has 0 saturated heterocycles. The number of esters is 1. The first-order chi connectivity index (χ1) is 13.8. The number of hydrogen-bond donors (Lipinski definition) is 1. The zero-order valence-electron chi connectivity index (χ0n) is 16.5. The van der Waals surface area contributed by atoms with Crippen LogP contribution in [0.5, 0.6) is 5.75 Å². The third-order valence-electron chi connectivity index (χ3n) is 3.89. The van der Waals surface area contributed by atoms with Gasteiger partial charge in [-0.2, -0.15) is 4.31 Å². The first-order valence-electron chi connectivity index (χ1n) is 9.04. The smallest absolute Gasteiger partial charge is 0.338 e. The van der Waals surface area contributed by atoms with Crippen LogP contribution in [-0.2, 0) is 19.6 Å². The highest BCUT2D eigenvalue weighted by Gasteiger charge is 2.23. The summed E-state index contributed by atoms with van der Waals surface area (Å²) in [7, 11) is -2.50. The van der Waals surface area contributed by atoms with E-state index in [1.165, 1.54) is 31.3 Å². The van der Waals surface area contributed by atoms with Crippen LogP contribution < -0.4 is 10.1 Å². The number of nitrogens with zero attached hydrogens (tertiary/aromatic N) is 1. The third-order valence-corrected chi connectivity index (χ3v) is 5.71. The molecule has 156 valence electrons. The number of rotatable bonds is 9. The predicted molar refractivity (Wildman–Crippen MR) is 108 cm³/mol. The van der Waals surface area contributed by atoms with Gasteiger partial charge in [-0.1, -0.05) is 0 Å². The first-order valence-corrected chi connectivity index (χ1v) is 10.5. The molecule has 1 N–H and O–H groups in total. The van der Waals surface area contributed by atoms with Crippen LogP contribution in [-0.4, -0.2) is 51.4 Å². The second-order valence-electron chi connectivity index (χ2n) is 6.01. The summed E-state index contributed by atoms with van der Waals surface area (Å²) in [5.74, 6) is -0.393. The van der Waals surface area contributed by atoms with E-state index in [1.54, 1.807) is 31.2 Å². The summed E-state index contributed by atoms with van der Waals surface area (Å²) in [6, 6.07) is 12.1. The minimum absolute atomic E-state index is 0.0649. The van der Waals surface area contributed by atoms with Crippen molar-refractivity contribution in [1.82, 2.24) is 4.31 Å². The Hall–Kier alpha value is -2.91. The number of likely N-dealkylation sites (N-methyl/N-ethyl adjacent to an activating group) is 1. The summed E-state index contributed by atoms with van der Waals surface area (Å²) in [4.78, 5) is 23.9. The number of ether oxygens (including phenoxy) is 2. The van der Waals surface area contributed by atoms with Crippen LogP contribution in [0.3, 0.4) is 0 Å². The molecule has 0 aromatic heterocycles. The lowest BCUT2D eigenvalue weighted by Crippen LogP contribution is -2.34. The SMILES string of the molecule is CCOC(=O)c1ccc(NC(=O)CN(C)S(=O)(=O)c2ccc(OCC)cc2)cc1. The van der Waals surface area contributed by atoms with Gasteiger partial charge >= 0.3 is 5.97 Å². The van der Waals surface area contributed by atoms with E-state index in [-0.39, 0.29) is 18.0 Å². The molecule has 0 aliphatic rings. The molecule has 0 bridgehead atoms. The van der Waals surface area contributed by atoms with E-state index < -0.39 is 21.9 Å². The number of amides is 1. The maximum atomic E-state index is 12.6. The summed E-state index contributed by atoms with van der Waals surface area (Å²) in [5, 5.41) is 2.60. The van der Waals surface area contributed by atoms with Gasteiger partial charge in [-0.15, -0.1) is 0 Å². The van der Waals surface area contributed by atoms with E-state index in [0.29, 0.717) is 23.6 Å². The number of anilines is 1. The van der Waals surface area contributed by atoms with Crippen molar-refractivity contribution in [2.24, 2.45) is 0 Å². The number of benzene rings is 2. The van der Waals surface area contributed by atoms with Gasteiger partial charge in [-0.3, -0.25) is 4.79 Å². The molecule has 8 nitrogen and oxygen atoms in total. The van der Waals surface area contributed by atoms with Gasteiger partial charge in [-0.25, -0.2) is 13.2 Å². The number of carbonyl (C=O) groups excluding carboxylic acids is 2. The first kappa shape index (κ1) is 22.4. The van der Waals surface area contributed by atoms with Crippen molar-refractivity contribution in [2.45, 2.75) is 18.7 Å². The lowest BCUT2D eigenvalue weighted by molar-refractivity contribution is -0.116. The summed E-state index contributed by atoms with van der Waals surface area (Å²) >= 11 is 0. The lowest BCUT2D eigenvalue weighted by Gasteiger charge is -2.17. The van der Waals surface area contributed by atoms with Crippen molar-refractivity contribution >= 4 is 27.6 Å². The van der Waals surface area contributed by atoms with Crippen LogP contribution in [0.15, 0.2) is 53.4 Å². The number of sulfonamides is 1. The van der Waals surface area contributed by atoms with Gasteiger partial charge in [0.2, 0.25) is 15.9 Å². The topological polar surface area (TPSA) is 102 Å². The Kier molecular flexibility index (Phi) is 7.74. The molecule has 29 heavy (non-hydrogen) atoms. The lowest BCUT2D eigenvalue weighted by atomic mass is 10.2. The predicted octanol–water partition coefficient (Wildman–Crippen LogP) is 2.52. The third kappa shape index (κ3) is 6.03. The Morgan fingerprint density at radius 2 is 1.59 bits per heavy atom. The van der Waals surface area contributed by atoms with Gasteiger partial charge in [0.25, 0.3) is 0 Å². The van der Waals surface area contributed by atoms with Gasteiger partial charge in [0.15, 0.2) is 0 Å². The molecule has 0 saturated carbocycles. The number of nitrogens with one attached hydrogen (secondary N) is 1. The summed E-state index contributed by atoms with van der Waals surface area (Å²) < 4.78 is 36.4. The van der Waals surface area contributed by atoms with Crippen LogP contribution >= 0.6 is 0 Å². The van der Waals surface area contributed by atoms with E-state index in [1.807, 2.05) is 6.92 Å². The zero-order chi connectivity index (χ0) is 21.4. The van der Waals surface area contributed by atoms with Crippen molar-refractivity contribution in [3.63, 3.8) is 0 Å². The molecular weight excluding hydrogens is 396 g/mol. The minimum atomic E-state index is -3.83. The average Bonchev–Trinajstić information content (AvgIpc) is 2.69. The van der Waals surface area contributed by atoms with Crippen molar-refractivity contribution in [3.05, 3.63) is 54.1 Å². The molecule has 0 fully saturated rings. The van der Waals surface area contributed by atoms with Crippen LogP contribution in [0.1, 0.15) is 24.2 Å². The molecule has 0 atom stereocenters. The molecule has 0 unspecified atom stereocenters. The highest BCUT2D eigenvalue weighted by Crippen LogP contribution is 2.19. The fourth-order valence-electron chi connectivity index (χ4n) is 2.45. The van der Waals surface area contributed by atoms with Crippen molar-refractivity contribution < 1.29 is 27.5 Å². The zero-order valence-corrected chi connectivity index (χ0v) is 17.4. The normalized spacial score (nSPS) is 11.2. The Balaban J connectivity index is 1.99. The Morgan fingerprint density at radius 1 is 0.966 bits per heavy atom. The Morgan fingerprint density at radius 3 is 2.14 bits per heavy atom.